The number of benzene rings is 1. The minimum absolute atomic E-state index is 0.103. The fraction of sp³-hybridized carbons (Fsp3) is 0.375. The predicted octanol–water partition coefficient (Wildman–Crippen LogP) is 4.69. The molecule has 1 aromatic heterocycles. The molecule has 0 amide bonds. The van der Waals surface area contributed by atoms with Crippen LogP contribution in [0.1, 0.15) is 35.9 Å². The molecule has 0 radical (unpaired) electrons. The van der Waals surface area contributed by atoms with Gasteiger partial charge < -0.3 is 14.8 Å². The second-order valence-corrected chi connectivity index (χ2v) is 7.49. The average Bonchev–Trinajstić information content (AvgIpc) is 2.93. The third-order valence-corrected chi connectivity index (χ3v) is 5.39. The second-order valence-electron chi connectivity index (χ2n) is 5.00. The quantitative estimate of drug-likeness (QED) is 0.849. The Hall–Kier alpha value is -1.04. The molecule has 3 rings (SSSR count). The average molecular weight is 368 g/mol. The Kier molecular flexibility index (Phi) is 4.52. The van der Waals surface area contributed by atoms with E-state index in [4.69, 9.17) is 9.47 Å². The van der Waals surface area contributed by atoms with Crippen LogP contribution >= 0.6 is 27.3 Å². The zero-order valence-electron chi connectivity index (χ0n) is 12.1. The summed E-state index contributed by atoms with van der Waals surface area (Å²) in [5.41, 5.74) is 1.18. The van der Waals surface area contributed by atoms with Gasteiger partial charge in [0.25, 0.3) is 0 Å². The van der Waals surface area contributed by atoms with Crippen molar-refractivity contribution in [2.75, 3.05) is 13.7 Å². The highest BCUT2D eigenvalue weighted by molar-refractivity contribution is 9.11. The fourth-order valence-corrected chi connectivity index (χ4v) is 4.16. The summed E-state index contributed by atoms with van der Waals surface area (Å²) in [5.74, 6) is 1.82. The lowest BCUT2D eigenvalue weighted by Crippen LogP contribution is -2.28. The van der Waals surface area contributed by atoms with Crippen LogP contribution in [0.4, 0.5) is 0 Å². The van der Waals surface area contributed by atoms with E-state index in [0.717, 1.165) is 28.3 Å². The van der Waals surface area contributed by atoms with Crippen molar-refractivity contribution in [1.29, 1.82) is 0 Å². The summed E-state index contributed by atoms with van der Waals surface area (Å²) >= 11 is 5.26. The number of nitrogens with one attached hydrogen (secondary N) is 1. The first kappa shape index (κ1) is 14.9. The maximum Gasteiger partial charge on any atom is 0.135 e. The Morgan fingerprint density at radius 1 is 1.38 bits per heavy atom. The molecule has 5 heteroatoms. The van der Waals surface area contributed by atoms with E-state index in [1.807, 2.05) is 12.1 Å². The molecule has 3 nitrogen and oxygen atoms in total. The summed E-state index contributed by atoms with van der Waals surface area (Å²) in [6.07, 6.45) is 1.03. The first-order valence-electron chi connectivity index (χ1n) is 7.04. The number of rotatable bonds is 4. The van der Waals surface area contributed by atoms with E-state index in [0.29, 0.717) is 6.04 Å². The van der Waals surface area contributed by atoms with E-state index in [9.17, 15) is 0 Å². The van der Waals surface area contributed by atoms with Gasteiger partial charge in [0.15, 0.2) is 0 Å². The van der Waals surface area contributed by atoms with Gasteiger partial charge in [-0.2, -0.15) is 0 Å². The second kappa shape index (κ2) is 6.38. The SMILES string of the molecule is CCNC1CC(c2ccc(Br)s2)Oc2ccc(OC)cc21. The number of thiophene rings is 1. The van der Waals surface area contributed by atoms with Crippen molar-refractivity contribution in [1.82, 2.24) is 5.32 Å². The van der Waals surface area contributed by atoms with Crippen LogP contribution in [0.15, 0.2) is 34.1 Å². The molecule has 1 aliphatic rings. The highest BCUT2D eigenvalue weighted by Gasteiger charge is 2.30. The number of hydrogen-bond acceptors (Lipinski definition) is 4. The van der Waals surface area contributed by atoms with Crippen LogP contribution in [0, 0.1) is 0 Å². The molecule has 1 aromatic carbocycles. The molecule has 0 saturated carbocycles. The van der Waals surface area contributed by atoms with Gasteiger partial charge >= 0.3 is 0 Å². The van der Waals surface area contributed by atoms with E-state index < -0.39 is 0 Å². The van der Waals surface area contributed by atoms with Gasteiger partial charge in [-0.25, -0.2) is 0 Å². The van der Waals surface area contributed by atoms with Crippen molar-refractivity contribution >= 4 is 27.3 Å². The Morgan fingerprint density at radius 3 is 2.90 bits per heavy atom. The zero-order valence-corrected chi connectivity index (χ0v) is 14.5. The van der Waals surface area contributed by atoms with Gasteiger partial charge in [-0.05, 0) is 52.8 Å². The van der Waals surface area contributed by atoms with E-state index in [1.165, 1.54) is 10.4 Å². The van der Waals surface area contributed by atoms with Gasteiger partial charge in [-0.15, -0.1) is 11.3 Å². The highest BCUT2D eigenvalue weighted by atomic mass is 79.9. The van der Waals surface area contributed by atoms with E-state index in [2.05, 4.69) is 46.4 Å². The first-order chi connectivity index (χ1) is 10.2. The molecule has 2 unspecified atom stereocenters. The summed E-state index contributed by atoms with van der Waals surface area (Å²) in [6, 6.07) is 10.5. The van der Waals surface area contributed by atoms with Crippen molar-refractivity contribution in [2.24, 2.45) is 0 Å². The molecule has 2 atom stereocenters. The monoisotopic (exact) mass is 367 g/mol. The number of methoxy groups -OCH3 is 1. The van der Waals surface area contributed by atoms with Gasteiger partial charge in [0, 0.05) is 22.9 Å². The van der Waals surface area contributed by atoms with E-state index in [1.54, 1.807) is 18.4 Å². The van der Waals surface area contributed by atoms with E-state index in [-0.39, 0.29) is 6.10 Å². The van der Waals surface area contributed by atoms with Crippen LogP contribution in [0.5, 0.6) is 11.5 Å². The molecular formula is C16H18BrNO2S. The summed E-state index contributed by atoms with van der Waals surface area (Å²) in [7, 11) is 1.69. The number of halogens is 1. The van der Waals surface area contributed by atoms with Crippen LogP contribution < -0.4 is 14.8 Å². The molecule has 0 spiro atoms. The molecule has 21 heavy (non-hydrogen) atoms. The van der Waals surface area contributed by atoms with Gasteiger partial charge in [-0.1, -0.05) is 6.92 Å². The Morgan fingerprint density at radius 2 is 2.24 bits per heavy atom. The van der Waals surface area contributed by atoms with E-state index >= 15 is 0 Å². The molecule has 2 heterocycles. The van der Waals surface area contributed by atoms with Crippen LogP contribution in [0.25, 0.3) is 0 Å². The van der Waals surface area contributed by atoms with Crippen LogP contribution in [-0.4, -0.2) is 13.7 Å². The largest absolute Gasteiger partial charge is 0.497 e. The Balaban J connectivity index is 1.93. The standard InChI is InChI=1S/C16H18BrNO2S/c1-3-18-12-9-14(15-6-7-16(17)21-15)20-13-5-4-10(19-2)8-11(12)13/h4-8,12,14,18H,3,9H2,1-2H3. The fourth-order valence-electron chi connectivity index (χ4n) is 2.69. The summed E-state index contributed by atoms with van der Waals surface area (Å²) in [4.78, 5) is 1.26. The van der Waals surface area contributed by atoms with Crippen LogP contribution in [0.2, 0.25) is 0 Å². The molecule has 0 bridgehead atoms. The smallest absolute Gasteiger partial charge is 0.135 e. The third kappa shape index (κ3) is 3.10. The maximum absolute atomic E-state index is 6.20. The Bertz CT molecular complexity index is 628. The van der Waals surface area contributed by atoms with Crippen molar-refractivity contribution < 1.29 is 9.47 Å². The number of fused-ring (bicyclic) bond motifs is 1. The molecule has 0 fully saturated rings. The lowest BCUT2D eigenvalue weighted by atomic mass is 9.95. The highest BCUT2D eigenvalue weighted by Crippen LogP contribution is 2.44. The molecule has 1 N–H and O–H groups in total. The lowest BCUT2D eigenvalue weighted by molar-refractivity contribution is 0.155. The van der Waals surface area contributed by atoms with Crippen molar-refractivity contribution in [3.8, 4) is 11.5 Å². The molecule has 112 valence electrons. The summed E-state index contributed by atoms with van der Waals surface area (Å²) in [5, 5.41) is 3.56. The minimum Gasteiger partial charge on any atom is -0.497 e. The lowest BCUT2D eigenvalue weighted by Gasteiger charge is -2.32. The molecule has 1 aliphatic heterocycles. The number of ether oxygens (including phenoxy) is 2. The van der Waals surface area contributed by atoms with Crippen molar-refractivity contribution in [3.63, 3.8) is 0 Å². The van der Waals surface area contributed by atoms with Crippen LogP contribution in [0.3, 0.4) is 0 Å². The molecule has 0 saturated heterocycles. The van der Waals surface area contributed by atoms with Gasteiger partial charge in [-0.3, -0.25) is 0 Å². The molecule has 0 aliphatic carbocycles. The van der Waals surface area contributed by atoms with Gasteiger partial charge in [0.05, 0.1) is 10.9 Å². The summed E-state index contributed by atoms with van der Waals surface area (Å²) < 4.78 is 12.7. The summed E-state index contributed by atoms with van der Waals surface area (Å²) in [6.45, 7) is 3.06. The van der Waals surface area contributed by atoms with Crippen LogP contribution in [-0.2, 0) is 0 Å². The normalized spacial score (nSPS) is 20.7. The van der Waals surface area contributed by atoms with Crippen molar-refractivity contribution in [2.45, 2.75) is 25.5 Å². The predicted molar refractivity (Wildman–Crippen MR) is 89.4 cm³/mol. The Labute approximate surface area is 137 Å². The first-order valence-corrected chi connectivity index (χ1v) is 8.65. The molecule has 2 aromatic rings. The van der Waals surface area contributed by atoms with Gasteiger partial charge in [0.2, 0.25) is 0 Å². The topological polar surface area (TPSA) is 30.5 Å². The minimum atomic E-state index is 0.103. The van der Waals surface area contributed by atoms with Crippen molar-refractivity contribution in [3.05, 3.63) is 44.6 Å². The van der Waals surface area contributed by atoms with Gasteiger partial charge in [0.1, 0.15) is 17.6 Å². The molecular weight excluding hydrogens is 350 g/mol. The third-order valence-electron chi connectivity index (χ3n) is 3.67. The number of hydrogen-bond donors (Lipinski definition) is 1. The zero-order chi connectivity index (χ0) is 14.8. The maximum atomic E-state index is 6.20.